The van der Waals surface area contributed by atoms with E-state index in [9.17, 15) is 4.79 Å². The summed E-state index contributed by atoms with van der Waals surface area (Å²) >= 11 is 0. The van der Waals surface area contributed by atoms with Crippen LogP contribution in [-0.2, 0) is 4.79 Å². The van der Waals surface area contributed by atoms with Crippen LogP contribution in [0.1, 0.15) is 19.3 Å². The quantitative estimate of drug-likeness (QED) is 0.449. The minimum atomic E-state index is -0.796. The van der Waals surface area contributed by atoms with Crippen molar-refractivity contribution < 1.29 is 9.90 Å². The average molecular weight is 132 g/mol. The van der Waals surface area contributed by atoms with Crippen molar-refractivity contribution in [2.45, 2.75) is 25.4 Å². The number of aliphatic carboxylic acids is 1. The smallest absolute Gasteiger partial charge is 0.303 e. The van der Waals surface area contributed by atoms with Crippen molar-refractivity contribution in [1.29, 1.82) is 0 Å². The highest BCUT2D eigenvalue weighted by atomic mass is 16.4. The van der Waals surface area contributed by atoms with E-state index in [1.54, 1.807) is 0 Å². The monoisotopic (exact) mass is 132 g/mol. The molecular weight excluding hydrogens is 120 g/mol. The Labute approximate surface area is 53.8 Å². The molecule has 0 amide bonds. The highest BCUT2D eigenvalue weighted by Gasteiger charge is 1.97. The fourth-order valence-electron chi connectivity index (χ4n) is 0.489. The van der Waals surface area contributed by atoms with E-state index >= 15 is 0 Å². The molecule has 0 unspecified atom stereocenters. The summed E-state index contributed by atoms with van der Waals surface area (Å²) in [5.74, 6) is -0.796. The van der Waals surface area contributed by atoms with E-state index < -0.39 is 5.97 Å². The molecule has 0 saturated carbocycles. The standard InChI is InChI=1S/C5H12N2O2/c6-4(7)2-1-3-5(8)9/h4H,1-3,6-7H2,(H,8,9). The highest BCUT2D eigenvalue weighted by molar-refractivity contribution is 5.66. The summed E-state index contributed by atoms with van der Waals surface area (Å²) in [4.78, 5) is 9.90. The van der Waals surface area contributed by atoms with Crippen LogP contribution in [-0.4, -0.2) is 17.2 Å². The Morgan fingerprint density at radius 2 is 2.11 bits per heavy atom. The van der Waals surface area contributed by atoms with Crippen LogP contribution >= 0.6 is 0 Å². The van der Waals surface area contributed by atoms with E-state index in [1.807, 2.05) is 0 Å². The van der Waals surface area contributed by atoms with Crippen molar-refractivity contribution in [2.75, 3.05) is 0 Å². The van der Waals surface area contributed by atoms with Crippen LogP contribution in [0.4, 0.5) is 0 Å². The first-order chi connectivity index (χ1) is 4.13. The summed E-state index contributed by atoms with van der Waals surface area (Å²) in [5, 5.41) is 8.14. The van der Waals surface area contributed by atoms with Crippen LogP contribution in [0.2, 0.25) is 0 Å². The molecule has 0 saturated heterocycles. The SMILES string of the molecule is NC(N)CCCC(=O)O. The Kier molecular flexibility index (Phi) is 4.00. The second-order valence-corrected chi connectivity index (χ2v) is 1.95. The maximum Gasteiger partial charge on any atom is 0.303 e. The van der Waals surface area contributed by atoms with Crippen molar-refractivity contribution in [3.05, 3.63) is 0 Å². The van der Waals surface area contributed by atoms with E-state index in [4.69, 9.17) is 16.6 Å². The molecule has 4 heteroatoms. The molecule has 4 nitrogen and oxygen atoms in total. The van der Waals surface area contributed by atoms with Gasteiger partial charge in [-0.15, -0.1) is 0 Å². The molecule has 54 valence electrons. The Morgan fingerprint density at radius 1 is 1.56 bits per heavy atom. The van der Waals surface area contributed by atoms with Gasteiger partial charge in [0.05, 0.1) is 6.17 Å². The topological polar surface area (TPSA) is 89.3 Å². The van der Waals surface area contributed by atoms with E-state index in [1.165, 1.54) is 0 Å². The first kappa shape index (κ1) is 8.39. The highest BCUT2D eigenvalue weighted by Crippen LogP contribution is 1.94. The third-order valence-corrected chi connectivity index (χ3v) is 0.928. The zero-order chi connectivity index (χ0) is 7.28. The van der Waals surface area contributed by atoms with Gasteiger partial charge >= 0.3 is 5.97 Å². The number of carboxylic acid groups (broad SMARTS) is 1. The van der Waals surface area contributed by atoms with Crippen molar-refractivity contribution >= 4 is 5.97 Å². The van der Waals surface area contributed by atoms with Gasteiger partial charge in [-0.25, -0.2) is 0 Å². The fraction of sp³-hybridized carbons (Fsp3) is 0.800. The Balaban J connectivity index is 3.01. The summed E-state index contributed by atoms with van der Waals surface area (Å²) in [6, 6.07) is 0. The predicted molar refractivity (Wildman–Crippen MR) is 33.6 cm³/mol. The van der Waals surface area contributed by atoms with Gasteiger partial charge in [0.25, 0.3) is 0 Å². The second kappa shape index (κ2) is 4.29. The third-order valence-electron chi connectivity index (χ3n) is 0.928. The molecule has 0 aromatic rings. The number of hydrogen-bond acceptors (Lipinski definition) is 3. The van der Waals surface area contributed by atoms with Crippen LogP contribution < -0.4 is 11.5 Å². The number of carbonyl (C=O) groups is 1. The summed E-state index contributed by atoms with van der Waals surface area (Å²) in [6.45, 7) is 0. The van der Waals surface area contributed by atoms with Gasteiger partial charge in [-0.1, -0.05) is 0 Å². The molecule has 0 rings (SSSR count). The van der Waals surface area contributed by atoms with Crippen molar-refractivity contribution in [1.82, 2.24) is 0 Å². The average Bonchev–Trinajstić information content (AvgIpc) is 1.63. The molecule has 0 fully saturated rings. The van der Waals surface area contributed by atoms with Gasteiger partial charge in [-0.05, 0) is 12.8 Å². The number of hydrogen-bond donors (Lipinski definition) is 3. The third kappa shape index (κ3) is 7.39. The van der Waals surface area contributed by atoms with E-state index in [2.05, 4.69) is 0 Å². The molecule has 0 aromatic carbocycles. The summed E-state index contributed by atoms with van der Waals surface area (Å²) < 4.78 is 0. The molecule has 5 N–H and O–H groups in total. The van der Waals surface area contributed by atoms with Crippen LogP contribution in [0.15, 0.2) is 0 Å². The molecule has 0 atom stereocenters. The largest absolute Gasteiger partial charge is 0.481 e. The first-order valence-electron chi connectivity index (χ1n) is 2.86. The molecule has 0 aliphatic carbocycles. The Hall–Kier alpha value is -0.610. The molecule has 0 spiro atoms. The molecular formula is C5H12N2O2. The maximum absolute atomic E-state index is 9.90. The lowest BCUT2D eigenvalue weighted by atomic mass is 10.2. The molecule has 0 bridgehead atoms. The molecule has 0 aliphatic heterocycles. The molecule has 0 heterocycles. The lowest BCUT2D eigenvalue weighted by Crippen LogP contribution is -2.30. The summed E-state index contributed by atoms with van der Waals surface area (Å²) in [7, 11) is 0. The van der Waals surface area contributed by atoms with E-state index in [0.717, 1.165) is 0 Å². The van der Waals surface area contributed by atoms with Crippen molar-refractivity contribution in [3.63, 3.8) is 0 Å². The lowest BCUT2D eigenvalue weighted by molar-refractivity contribution is -0.137. The van der Waals surface area contributed by atoms with Gasteiger partial charge in [-0.2, -0.15) is 0 Å². The van der Waals surface area contributed by atoms with Crippen LogP contribution in [0, 0.1) is 0 Å². The van der Waals surface area contributed by atoms with Crippen LogP contribution in [0.3, 0.4) is 0 Å². The van der Waals surface area contributed by atoms with Gasteiger partial charge in [0, 0.05) is 6.42 Å². The van der Waals surface area contributed by atoms with Crippen molar-refractivity contribution in [3.8, 4) is 0 Å². The lowest BCUT2D eigenvalue weighted by Gasteiger charge is -2.00. The molecule has 0 aliphatic rings. The van der Waals surface area contributed by atoms with E-state index in [0.29, 0.717) is 12.8 Å². The second-order valence-electron chi connectivity index (χ2n) is 1.95. The summed E-state index contributed by atoms with van der Waals surface area (Å²) in [6.07, 6.45) is 0.925. The minimum Gasteiger partial charge on any atom is -0.481 e. The van der Waals surface area contributed by atoms with Crippen LogP contribution in [0.5, 0.6) is 0 Å². The number of carboxylic acids is 1. The van der Waals surface area contributed by atoms with Gasteiger partial charge in [-0.3, -0.25) is 4.79 Å². The Bertz CT molecular complexity index is 93.0. The maximum atomic E-state index is 9.90. The first-order valence-corrected chi connectivity index (χ1v) is 2.86. The zero-order valence-corrected chi connectivity index (χ0v) is 5.21. The molecule has 9 heavy (non-hydrogen) atoms. The number of rotatable bonds is 4. The van der Waals surface area contributed by atoms with Gasteiger partial charge in [0.2, 0.25) is 0 Å². The Morgan fingerprint density at radius 3 is 2.44 bits per heavy atom. The van der Waals surface area contributed by atoms with Gasteiger partial charge in [0.15, 0.2) is 0 Å². The van der Waals surface area contributed by atoms with Gasteiger partial charge < -0.3 is 16.6 Å². The normalized spacial score (nSPS) is 10.1. The fourth-order valence-corrected chi connectivity index (χ4v) is 0.489. The van der Waals surface area contributed by atoms with Gasteiger partial charge in [0.1, 0.15) is 0 Å². The predicted octanol–water partition coefficient (Wildman–Crippen LogP) is -0.515. The van der Waals surface area contributed by atoms with E-state index in [-0.39, 0.29) is 12.6 Å². The molecule has 0 radical (unpaired) electrons. The van der Waals surface area contributed by atoms with Crippen LogP contribution in [0.25, 0.3) is 0 Å². The zero-order valence-electron chi connectivity index (χ0n) is 5.21. The number of nitrogens with two attached hydrogens (primary N) is 2. The minimum absolute atomic E-state index is 0.158. The van der Waals surface area contributed by atoms with Crippen molar-refractivity contribution in [2.24, 2.45) is 11.5 Å². The molecule has 0 aromatic heterocycles. The summed E-state index contributed by atoms with van der Waals surface area (Å²) in [5.41, 5.74) is 10.3.